The summed E-state index contributed by atoms with van der Waals surface area (Å²) in [5.41, 5.74) is 0. The van der Waals surface area contributed by atoms with Gasteiger partial charge in [-0.15, -0.1) is 0 Å². The van der Waals surface area contributed by atoms with Gasteiger partial charge < -0.3 is 20.2 Å². The summed E-state index contributed by atoms with van der Waals surface area (Å²) in [6.45, 7) is 5.69. The Balaban J connectivity index is 3.99. The Morgan fingerprint density at radius 3 is 2.32 bits per heavy atom. The average Bonchev–Trinajstić information content (AvgIpc) is 2.25. The van der Waals surface area contributed by atoms with Crippen LogP contribution < -0.4 is 5.32 Å². The van der Waals surface area contributed by atoms with Gasteiger partial charge in [0.15, 0.2) is 0 Å². The number of amides is 2. The van der Waals surface area contributed by atoms with Crippen LogP contribution in [0.2, 0.25) is 0 Å². The van der Waals surface area contributed by atoms with E-state index in [0.717, 1.165) is 19.4 Å². The molecule has 0 bridgehead atoms. The van der Waals surface area contributed by atoms with Gasteiger partial charge in [-0.05, 0) is 39.4 Å². The number of carbonyl (C=O) groups is 2. The van der Waals surface area contributed by atoms with Crippen LogP contribution in [-0.4, -0.2) is 67.2 Å². The molecule has 2 amide bonds. The van der Waals surface area contributed by atoms with Crippen LogP contribution in [0.15, 0.2) is 0 Å². The van der Waals surface area contributed by atoms with Gasteiger partial charge in [-0.1, -0.05) is 13.8 Å². The number of carboxylic acid groups (broad SMARTS) is 1. The Morgan fingerprint density at radius 2 is 1.84 bits per heavy atom. The van der Waals surface area contributed by atoms with Crippen LogP contribution in [0.1, 0.15) is 26.7 Å². The van der Waals surface area contributed by atoms with Gasteiger partial charge in [0, 0.05) is 13.1 Å². The van der Waals surface area contributed by atoms with Crippen molar-refractivity contribution in [2.45, 2.75) is 26.7 Å². The molecule has 0 aromatic heterocycles. The predicted molar refractivity (Wildman–Crippen MR) is 75.2 cm³/mol. The smallest absolute Gasteiger partial charge is 0.323 e. The minimum absolute atomic E-state index is 0.248. The van der Waals surface area contributed by atoms with E-state index >= 15 is 0 Å². The van der Waals surface area contributed by atoms with Crippen LogP contribution in [0.25, 0.3) is 0 Å². The molecule has 0 unspecified atom stereocenters. The first kappa shape index (κ1) is 17.7. The number of unbranched alkanes of at least 4 members (excludes halogenated alkanes) is 1. The quantitative estimate of drug-likeness (QED) is 0.617. The van der Waals surface area contributed by atoms with Crippen LogP contribution in [0.5, 0.6) is 0 Å². The van der Waals surface area contributed by atoms with E-state index in [2.05, 4.69) is 10.2 Å². The summed E-state index contributed by atoms with van der Waals surface area (Å²) >= 11 is 0. The maximum absolute atomic E-state index is 11.9. The van der Waals surface area contributed by atoms with Gasteiger partial charge in [0.05, 0.1) is 0 Å². The lowest BCUT2D eigenvalue weighted by molar-refractivity contribution is -0.137. The maximum atomic E-state index is 11.9. The van der Waals surface area contributed by atoms with Gasteiger partial charge in [0.1, 0.15) is 6.54 Å². The molecule has 0 rings (SSSR count). The highest BCUT2D eigenvalue weighted by atomic mass is 16.4. The summed E-state index contributed by atoms with van der Waals surface area (Å²) < 4.78 is 0. The van der Waals surface area contributed by atoms with E-state index in [-0.39, 0.29) is 18.5 Å². The van der Waals surface area contributed by atoms with Crippen molar-refractivity contribution in [3.63, 3.8) is 0 Å². The molecule has 0 aromatic carbocycles. The molecule has 2 N–H and O–H groups in total. The molecule has 0 radical (unpaired) electrons. The average molecular weight is 273 g/mol. The van der Waals surface area contributed by atoms with Crippen LogP contribution in [0.4, 0.5) is 4.79 Å². The zero-order chi connectivity index (χ0) is 14.8. The highest BCUT2D eigenvalue weighted by Crippen LogP contribution is 1.99. The zero-order valence-corrected chi connectivity index (χ0v) is 12.5. The van der Waals surface area contributed by atoms with E-state index in [4.69, 9.17) is 5.11 Å². The van der Waals surface area contributed by atoms with Crippen molar-refractivity contribution in [1.82, 2.24) is 15.1 Å². The summed E-state index contributed by atoms with van der Waals surface area (Å²) in [6.07, 6.45) is 1.91. The Morgan fingerprint density at radius 1 is 1.21 bits per heavy atom. The molecule has 19 heavy (non-hydrogen) atoms. The normalized spacial score (nSPS) is 10.8. The summed E-state index contributed by atoms with van der Waals surface area (Å²) in [6, 6.07) is -0.291. The minimum atomic E-state index is -0.983. The van der Waals surface area contributed by atoms with Gasteiger partial charge in [0.25, 0.3) is 0 Å². The van der Waals surface area contributed by atoms with Crippen molar-refractivity contribution in [2.24, 2.45) is 5.92 Å². The number of nitrogens with one attached hydrogen (secondary N) is 1. The van der Waals surface area contributed by atoms with Gasteiger partial charge in [-0.25, -0.2) is 4.79 Å². The van der Waals surface area contributed by atoms with E-state index in [0.29, 0.717) is 13.1 Å². The Labute approximate surface area is 115 Å². The number of carboxylic acids is 1. The molecule has 0 atom stereocenters. The van der Waals surface area contributed by atoms with E-state index in [1.54, 1.807) is 0 Å². The third kappa shape index (κ3) is 10.3. The molecule has 6 heteroatoms. The second kappa shape index (κ2) is 9.61. The fourth-order valence-corrected chi connectivity index (χ4v) is 1.68. The minimum Gasteiger partial charge on any atom is -0.480 e. The molecule has 6 nitrogen and oxygen atoms in total. The highest BCUT2D eigenvalue weighted by Gasteiger charge is 2.17. The van der Waals surface area contributed by atoms with Crippen molar-refractivity contribution in [3.05, 3.63) is 0 Å². The molecule has 0 spiro atoms. The SMILES string of the molecule is CC(C)CN(CC(=O)O)C(=O)NCCCCN(C)C. The van der Waals surface area contributed by atoms with E-state index in [1.165, 1.54) is 4.90 Å². The monoisotopic (exact) mass is 273 g/mol. The largest absolute Gasteiger partial charge is 0.480 e. The molecule has 0 heterocycles. The van der Waals surface area contributed by atoms with Crippen LogP contribution in [0, 0.1) is 5.92 Å². The van der Waals surface area contributed by atoms with Crippen molar-refractivity contribution in [1.29, 1.82) is 0 Å². The first-order valence-corrected chi connectivity index (χ1v) is 6.72. The number of rotatable bonds is 9. The lowest BCUT2D eigenvalue weighted by Crippen LogP contribution is -2.44. The summed E-state index contributed by atoms with van der Waals surface area (Å²) in [5, 5.41) is 11.6. The van der Waals surface area contributed by atoms with E-state index in [9.17, 15) is 9.59 Å². The number of carbonyl (C=O) groups excluding carboxylic acids is 1. The zero-order valence-electron chi connectivity index (χ0n) is 12.5. The van der Waals surface area contributed by atoms with Gasteiger partial charge in [0.2, 0.25) is 0 Å². The van der Waals surface area contributed by atoms with Crippen molar-refractivity contribution in [3.8, 4) is 0 Å². The highest BCUT2D eigenvalue weighted by molar-refractivity contribution is 5.80. The number of urea groups is 1. The maximum Gasteiger partial charge on any atom is 0.323 e. The van der Waals surface area contributed by atoms with Crippen molar-refractivity contribution >= 4 is 12.0 Å². The first-order valence-electron chi connectivity index (χ1n) is 6.72. The fourth-order valence-electron chi connectivity index (χ4n) is 1.68. The Bertz CT molecular complexity index is 280. The molecular weight excluding hydrogens is 246 g/mol. The number of hydrogen-bond donors (Lipinski definition) is 2. The molecule has 0 fully saturated rings. The topological polar surface area (TPSA) is 72.9 Å². The van der Waals surface area contributed by atoms with E-state index in [1.807, 2.05) is 27.9 Å². The van der Waals surface area contributed by atoms with Gasteiger partial charge in [-0.3, -0.25) is 4.79 Å². The molecule has 0 saturated carbocycles. The number of aliphatic carboxylic acids is 1. The van der Waals surface area contributed by atoms with Crippen LogP contribution >= 0.6 is 0 Å². The predicted octanol–water partition coefficient (Wildman–Crippen LogP) is 1.08. The van der Waals surface area contributed by atoms with Gasteiger partial charge >= 0.3 is 12.0 Å². The van der Waals surface area contributed by atoms with E-state index < -0.39 is 5.97 Å². The van der Waals surface area contributed by atoms with Gasteiger partial charge in [-0.2, -0.15) is 0 Å². The molecule has 0 saturated heterocycles. The summed E-state index contributed by atoms with van der Waals surface area (Å²) in [4.78, 5) is 26.0. The number of hydrogen-bond acceptors (Lipinski definition) is 3. The molecular formula is C13H27N3O3. The third-order valence-electron chi connectivity index (χ3n) is 2.51. The summed E-state index contributed by atoms with van der Waals surface area (Å²) in [7, 11) is 4.02. The fraction of sp³-hybridized carbons (Fsp3) is 0.846. The van der Waals surface area contributed by atoms with Crippen LogP contribution in [0.3, 0.4) is 0 Å². The molecule has 112 valence electrons. The summed E-state index contributed by atoms with van der Waals surface area (Å²) in [5.74, 6) is -0.734. The molecule has 0 aliphatic carbocycles. The third-order valence-corrected chi connectivity index (χ3v) is 2.51. The molecule has 0 aromatic rings. The first-order chi connectivity index (χ1) is 8.82. The molecule has 0 aliphatic rings. The van der Waals surface area contributed by atoms with Crippen LogP contribution in [-0.2, 0) is 4.79 Å². The second-order valence-corrected chi connectivity index (χ2v) is 5.41. The lowest BCUT2D eigenvalue weighted by atomic mass is 10.2. The van der Waals surface area contributed by atoms with Crippen molar-refractivity contribution < 1.29 is 14.7 Å². The Hall–Kier alpha value is -1.30. The number of nitrogens with zero attached hydrogens (tertiary/aromatic N) is 2. The lowest BCUT2D eigenvalue weighted by Gasteiger charge is -2.23. The van der Waals surface area contributed by atoms with Crippen molar-refractivity contribution in [2.75, 3.05) is 40.3 Å². The Kier molecular flexibility index (Phi) is 8.95. The standard InChI is InChI=1S/C13H27N3O3/c1-11(2)9-16(10-12(17)18)13(19)14-7-5-6-8-15(3)4/h11H,5-10H2,1-4H3,(H,14,19)(H,17,18). The second-order valence-electron chi connectivity index (χ2n) is 5.41. The molecule has 0 aliphatic heterocycles.